The molecule has 144 valence electrons. The lowest BCUT2D eigenvalue weighted by atomic mass is 10.1. The second-order valence-electron chi connectivity index (χ2n) is 6.85. The molecule has 0 fully saturated rings. The summed E-state index contributed by atoms with van der Waals surface area (Å²) in [5.41, 5.74) is 0.984. The molecule has 25 heavy (non-hydrogen) atoms. The quantitative estimate of drug-likeness (QED) is 0.354. The second kappa shape index (κ2) is 14.9. The second-order valence-corrected chi connectivity index (χ2v) is 6.85. The first-order chi connectivity index (χ1) is 12.3. The van der Waals surface area contributed by atoms with E-state index in [1.54, 1.807) is 12.5 Å². The first-order valence-electron chi connectivity index (χ1n) is 10.2. The Hall–Kier alpha value is -1.36. The highest BCUT2D eigenvalue weighted by Crippen LogP contribution is 2.10. The third kappa shape index (κ3) is 11.0. The van der Waals surface area contributed by atoms with E-state index in [0.717, 1.165) is 18.7 Å². The molecule has 0 aliphatic carbocycles. The van der Waals surface area contributed by atoms with E-state index in [1.807, 2.05) is 6.92 Å². The fourth-order valence-corrected chi connectivity index (χ4v) is 3.10. The minimum absolute atomic E-state index is 0.121. The van der Waals surface area contributed by atoms with Gasteiger partial charge in [-0.05, 0) is 19.8 Å². The average molecular weight is 353 g/mol. The van der Waals surface area contributed by atoms with Crippen molar-refractivity contribution in [2.45, 2.75) is 90.5 Å². The van der Waals surface area contributed by atoms with Crippen LogP contribution in [-0.4, -0.2) is 35.1 Å². The van der Waals surface area contributed by atoms with Gasteiger partial charge in [0.15, 0.2) is 6.04 Å². The number of H-pyrrole nitrogens is 1. The summed E-state index contributed by atoms with van der Waals surface area (Å²) in [6.07, 6.45) is 17.4. The topological polar surface area (TPSA) is 71.6 Å². The molecule has 0 aliphatic rings. The molecule has 5 nitrogen and oxygen atoms in total. The van der Waals surface area contributed by atoms with Gasteiger partial charge in [-0.3, -0.25) is 0 Å². The van der Waals surface area contributed by atoms with Gasteiger partial charge < -0.3 is 15.0 Å². The van der Waals surface area contributed by atoms with Crippen LogP contribution in [0.5, 0.6) is 0 Å². The number of esters is 1. The molecule has 0 saturated heterocycles. The van der Waals surface area contributed by atoms with Gasteiger partial charge in [0.1, 0.15) is 0 Å². The summed E-state index contributed by atoms with van der Waals surface area (Å²) >= 11 is 0. The Morgan fingerprint density at radius 1 is 1.08 bits per heavy atom. The van der Waals surface area contributed by atoms with Crippen molar-refractivity contribution in [2.75, 3.05) is 13.2 Å². The van der Waals surface area contributed by atoms with E-state index in [2.05, 4.69) is 22.2 Å². The van der Waals surface area contributed by atoms with Crippen LogP contribution < -0.4 is 5.32 Å². The van der Waals surface area contributed by atoms with Crippen molar-refractivity contribution in [3.05, 3.63) is 18.2 Å². The summed E-state index contributed by atoms with van der Waals surface area (Å²) in [6.45, 7) is 5.53. The first-order valence-corrected chi connectivity index (χ1v) is 10.2. The maximum absolute atomic E-state index is 12.1. The summed E-state index contributed by atoms with van der Waals surface area (Å²) in [5.74, 6) is -0.121. The molecule has 1 heterocycles. The highest BCUT2D eigenvalue weighted by Gasteiger charge is 2.23. The molecule has 0 aliphatic heterocycles. The van der Waals surface area contributed by atoms with Crippen LogP contribution in [0.25, 0.3) is 0 Å². The van der Waals surface area contributed by atoms with Gasteiger partial charge in [0.25, 0.3) is 0 Å². The monoisotopic (exact) mass is 352 g/mol. The molecule has 0 amide bonds. The fraction of sp³-hybridized carbons (Fsp3) is 0.800. The van der Waals surface area contributed by atoms with Gasteiger partial charge in [0.2, 0.25) is 0 Å². The van der Waals surface area contributed by atoms with E-state index < -0.39 is 0 Å². The number of aromatic nitrogens is 2. The fourth-order valence-electron chi connectivity index (χ4n) is 3.10. The predicted octanol–water partition coefficient (Wildman–Crippen LogP) is 3.37. The third-order valence-corrected chi connectivity index (χ3v) is 4.59. The predicted molar refractivity (Wildman–Crippen MR) is 101 cm³/mol. The summed E-state index contributed by atoms with van der Waals surface area (Å²) in [6, 6.07) is -0.168. The van der Waals surface area contributed by atoms with E-state index in [1.165, 1.54) is 57.8 Å². The smallest absolute Gasteiger partial charge is 0.365 e. The van der Waals surface area contributed by atoms with E-state index in [-0.39, 0.29) is 12.0 Å². The number of nitrogens with two attached hydrogens (primary N) is 1. The number of carbonyl (C=O) groups excluding carboxylic acids is 1. The normalized spacial score (nSPS) is 12.2. The summed E-state index contributed by atoms with van der Waals surface area (Å²) in [4.78, 5) is 19.2. The van der Waals surface area contributed by atoms with Crippen LogP contribution in [-0.2, 0) is 16.0 Å². The lowest BCUT2D eigenvalue weighted by molar-refractivity contribution is -0.678. The van der Waals surface area contributed by atoms with E-state index in [4.69, 9.17) is 4.74 Å². The van der Waals surface area contributed by atoms with Crippen molar-refractivity contribution in [1.29, 1.82) is 0 Å². The molecule has 0 bridgehead atoms. The van der Waals surface area contributed by atoms with E-state index in [0.29, 0.717) is 13.0 Å². The van der Waals surface area contributed by atoms with Gasteiger partial charge in [-0.1, -0.05) is 58.3 Å². The first kappa shape index (κ1) is 21.7. The van der Waals surface area contributed by atoms with Gasteiger partial charge in [-0.15, -0.1) is 0 Å². The maximum Gasteiger partial charge on any atom is 0.365 e. The molecule has 0 spiro atoms. The number of nitrogens with zero attached hydrogens (tertiary/aromatic N) is 1. The molecule has 3 N–H and O–H groups in total. The molecule has 1 aromatic heterocycles. The highest BCUT2D eigenvalue weighted by atomic mass is 16.5. The molecular formula is C20H38N3O2+. The molecule has 0 radical (unpaired) electrons. The van der Waals surface area contributed by atoms with Gasteiger partial charge in [-0.2, -0.15) is 0 Å². The maximum atomic E-state index is 12.1. The Kier molecular flexibility index (Phi) is 13.0. The Bertz CT molecular complexity index is 421. The Morgan fingerprint density at radius 3 is 2.28 bits per heavy atom. The molecule has 1 atom stereocenters. The van der Waals surface area contributed by atoms with Gasteiger partial charge in [0.05, 0.1) is 25.9 Å². The Labute approximate surface area is 153 Å². The van der Waals surface area contributed by atoms with Crippen molar-refractivity contribution in [3.8, 4) is 0 Å². The van der Waals surface area contributed by atoms with Crippen molar-refractivity contribution in [2.24, 2.45) is 0 Å². The van der Waals surface area contributed by atoms with Crippen LogP contribution in [0.1, 0.15) is 83.7 Å². The number of nitrogens with one attached hydrogen (secondary N) is 1. The van der Waals surface area contributed by atoms with Crippen LogP contribution in [0.3, 0.4) is 0 Å². The molecule has 0 saturated carbocycles. The third-order valence-electron chi connectivity index (χ3n) is 4.59. The van der Waals surface area contributed by atoms with E-state index in [9.17, 15) is 4.79 Å². The molecule has 5 heteroatoms. The molecule has 0 aromatic carbocycles. The van der Waals surface area contributed by atoms with E-state index >= 15 is 0 Å². The van der Waals surface area contributed by atoms with Crippen molar-refractivity contribution in [1.82, 2.24) is 9.97 Å². The van der Waals surface area contributed by atoms with Crippen LogP contribution >= 0.6 is 0 Å². The van der Waals surface area contributed by atoms with Crippen molar-refractivity contribution in [3.63, 3.8) is 0 Å². The zero-order valence-electron chi connectivity index (χ0n) is 16.3. The van der Waals surface area contributed by atoms with Crippen LogP contribution in [0.2, 0.25) is 0 Å². The molecule has 1 rings (SSSR count). The molecule has 1 unspecified atom stereocenters. The number of aromatic amines is 1. The van der Waals surface area contributed by atoms with Crippen LogP contribution in [0, 0.1) is 0 Å². The van der Waals surface area contributed by atoms with Crippen molar-refractivity contribution >= 4 is 5.97 Å². The summed E-state index contributed by atoms with van der Waals surface area (Å²) in [7, 11) is 0. The number of carbonyl (C=O) groups is 1. The number of hydrogen-bond acceptors (Lipinski definition) is 3. The highest BCUT2D eigenvalue weighted by molar-refractivity contribution is 5.74. The standard InChI is InChI=1S/C20H37N3O2/c1-3-5-6-7-8-9-10-11-12-13-14-22-19(20(24)25-4-2)15-18-16-21-17-23-18/h16-17,19,22H,3-15H2,1-2H3,(H,21,23)/p+1. The number of unbranched alkanes of at least 4 members (excludes halogenated alkanes) is 9. The average Bonchev–Trinajstić information content (AvgIpc) is 3.12. The van der Waals surface area contributed by atoms with Gasteiger partial charge in [0, 0.05) is 11.9 Å². The van der Waals surface area contributed by atoms with Crippen LogP contribution in [0.15, 0.2) is 12.5 Å². The number of imidazole rings is 1. The number of quaternary nitrogens is 1. The molecule has 1 aromatic rings. The lowest BCUT2D eigenvalue weighted by Crippen LogP contribution is -2.92. The number of rotatable bonds is 16. The van der Waals surface area contributed by atoms with Crippen molar-refractivity contribution < 1.29 is 14.8 Å². The number of ether oxygens (including phenoxy) is 1. The Morgan fingerprint density at radius 2 is 1.72 bits per heavy atom. The SMILES string of the molecule is CCCCCCCCCCCC[NH2+]C(Cc1cnc[nH]1)C(=O)OCC. The van der Waals surface area contributed by atoms with Gasteiger partial charge >= 0.3 is 5.97 Å². The number of hydrogen-bond donors (Lipinski definition) is 2. The molecular weight excluding hydrogens is 314 g/mol. The van der Waals surface area contributed by atoms with Crippen LogP contribution in [0.4, 0.5) is 0 Å². The zero-order chi connectivity index (χ0) is 18.2. The van der Waals surface area contributed by atoms with Gasteiger partial charge in [-0.25, -0.2) is 9.78 Å². The lowest BCUT2D eigenvalue weighted by Gasteiger charge is -2.13. The largest absolute Gasteiger partial charge is 0.462 e. The minimum atomic E-state index is -0.168. The summed E-state index contributed by atoms with van der Waals surface area (Å²) in [5, 5.41) is 2.13. The minimum Gasteiger partial charge on any atom is -0.462 e. The Balaban J connectivity index is 2.08. The zero-order valence-corrected chi connectivity index (χ0v) is 16.3. The summed E-state index contributed by atoms with van der Waals surface area (Å²) < 4.78 is 5.20.